The fourth-order valence-corrected chi connectivity index (χ4v) is 4.44. The number of anilines is 2. The van der Waals surface area contributed by atoms with E-state index in [0.29, 0.717) is 17.5 Å². The van der Waals surface area contributed by atoms with Gasteiger partial charge in [-0.25, -0.2) is 8.42 Å². The third-order valence-corrected chi connectivity index (χ3v) is 6.48. The largest absolute Gasteiger partial charge is 0.506 e. The van der Waals surface area contributed by atoms with Crippen LogP contribution in [0.1, 0.15) is 28.8 Å². The lowest BCUT2D eigenvalue weighted by atomic mass is 10.0. The molecule has 0 aliphatic rings. The monoisotopic (exact) mass is 521 g/mol. The van der Waals surface area contributed by atoms with Gasteiger partial charge >= 0.3 is 6.18 Å². The Morgan fingerprint density at radius 3 is 2.11 bits per heavy atom. The zero-order valence-electron chi connectivity index (χ0n) is 18.7. The van der Waals surface area contributed by atoms with E-state index in [-0.39, 0.29) is 41.4 Å². The van der Waals surface area contributed by atoms with Crippen molar-refractivity contribution < 1.29 is 31.5 Å². The summed E-state index contributed by atoms with van der Waals surface area (Å²) in [5, 5.41) is 15.3. The summed E-state index contributed by atoms with van der Waals surface area (Å²) in [6.07, 6.45) is -3.91. The maximum absolute atomic E-state index is 12.7. The molecule has 0 bridgehead atoms. The molecule has 0 unspecified atom stereocenters. The van der Waals surface area contributed by atoms with Gasteiger partial charge in [0, 0.05) is 11.3 Å². The summed E-state index contributed by atoms with van der Waals surface area (Å²) >= 11 is 0. The number of nitrogens with one attached hydrogen (secondary N) is 2. The minimum atomic E-state index is -4.43. The fraction of sp³-hybridized carbons (Fsp3) is 0.208. The lowest BCUT2D eigenvalue weighted by Gasteiger charge is -2.12. The molecule has 3 aromatic rings. The molecule has 3 rings (SSSR count). The minimum absolute atomic E-state index is 0.00754. The molecule has 0 spiro atoms. The highest BCUT2D eigenvalue weighted by molar-refractivity contribution is 7.92. The number of aromatic hydroxyl groups is 1. The normalized spacial score (nSPS) is 11.6. The van der Waals surface area contributed by atoms with Crippen molar-refractivity contribution in [2.24, 2.45) is 5.18 Å². The van der Waals surface area contributed by atoms with Crippen molar-refractivity contribution in [3.63, 3.8) is 0 Å². The molecule has 1 amide bonds. The number of rotatable bonds is 10. The Bertz CT molecular complexity index is 1330. The van der Waals surface area contributed by atoms with Crippen LogP contribution < -0.4 is 10.0 Å². The van der Waals surface area contributed by atoms with E-state index >= 15 is 0 Å². The third-order valence-electron chi connectivity index (χ3n) is 5.12. The third kappa shape index (κ3) is 7.28. The predicted octanol–water partition coefficient (Wildman–Crippen LogP) is 5.62. The van der Waals surface area contributed by atoms with Gasteiger partial charge in [0.1, 0.15) is 5.75 Å². The Balaban J connectivity index is 1.67. The number of amides is 1. The van der Waals surface area contributed by atoms with Crippen LogP contribution in [0.5, 0.6) is 5.75 Å². The summed E-state index contributed by atoms with van der Waals surface area (Å²) < 4.78 is 64.9. The number of phenolic OH excluding ortho intramolecular Hbond substituents is 1. The standard InChI is InChI=1S/C24H22F3N3O5S/c25-24(26,27)19-9-7-17(8-10-19)16-3-5-18(6-4-16)23(32)29-20-11-12-22(31)21(15-20)30-36(34,35)14-2-1-13-28-33/h3-12,15,30-31H,1-2,13-14H2,(H,29,32). The van der Waals surface area contributed by atoms with Crippen molar-refractivity contribution in [2.45, 2.75) is 19.0 Å². The van der Waals surface area contributed by atoms with Crippen molar-refractivity contribution in [3.8, 4) is 16.9 Å². The molecule has 0 saturated carbocycles. The molecular formula is C24H22F3N3O5S. The molecular weight excluding hydrogens is 499 g/mol. The minimum Gasteiger partial charge on any atom is -0.506 e. The van der Waals surface area contributed by atoms with E-state index in [4.69, 9.17) is 0 Å². The van der Waals surface area contributed by atoms with Crippen molar-refractivity contribution in [3.05, 3.63) is 82.8 Å². The molecule has 12 heteroatoms. The number of hydrogen-bond acceptors (Lipinski definition) is 6. The van der Waals surface area contributed by atoms with E-state index in [0.717, 1.165) is 12.1 Å². The molecule has 0 saturated heterocycles. The van der Waals surface area contributed by atoms with E-state index in [2.05, 4.69) is 15.2 Å². The molecule has 0 aliphatic carbocycles. The molecule has 0 atom stereocenters. The quantitative estimate of drug-likeness (QED) is 0.138. The number of benzene rings is 3. The van der Waals surface area contributed by atoms with Crippen LogP contribution in [0.2, 0.25) is 0 Å². The number of carbonyl (C=O) groups is 1. The molecule has 3 N–H and O–H groups in total. The molecule has 0 aliphatic heterocycles. The smallest absolute Gasteiger partial charge is 0.416 e. The lowest BCUT2D eigenvalue weighted by molar-refractivity contribution is -0.137. The molecule has 0 aromatic heterocycles. The summed E-state index contributed by atoms with van der Waals surface area (Å²) in [5.41, 5.74) is 0.752. The highest BCUT2D eigenvalue weighted by Gasteiger charge is 2.30. The number of nitroso groups, excluding NO2 is 1. The van der Waals surface area contributed by atoms with Crippen LogP contribution >= 0.6 is 0 Å². The van der Waals surface area contributed by atoms with Gasteiger partial charge in [0.2, 0.25) is 10.0 Å². The van der Waals surface area contributed by atoms with Gasteiger partial charge in [0.05, 0.1) is 23.5 Å². The van der Waals surface area contributed by atoms with E-state index in [1.165, 1.54) is 42.5 Å². The fourth-order valence-electron chi connectivity index (χ4n) is 3.25. The van der Waals surface area contributed by atoms with Gasteiger partial charge in [0.25, 0.3) is 5.91 Å². The Morgan fingerprint density at radius 1 is 0.917 bits per heavy atom. The Morgan fingerprint density at radius 2 is 1.53 bits per heavy atom. The first-order valence-electron chi connectivity index (χ1n) is 10.7. The van der Waals surface area contributed by atoms with Gasteiger partial charge in [-0.05, 0) is 66.4 Å². The van der Waals surface area contributed by atoms with Gasteiger partial charge in [-0.1, -0.05) is 29.4 Å². The van der Waals surface area contributed by atoms with Crippen LogP contribution in [-0.2, 0) is 16.2 Å². The summed E-state index contributed by atoms with van der Waals surface area (Å²) in [6, 6.07) is 14.7. The molecule has 0 radical (unpaired) electrons. The number of sulfonamides is 1. The first kappa shape index (κ1) is 26.7. The number of hydrogen-bond donors (Lipinski definition) is 3. The molecule has 3 aromatic carbocycles. The topological polar surface area (TPSA) is 125 Å². The van der Waals surface area contributed by atoms with Crippen LogP contribution in [-0.4, -0.2) is 31.7 Å². The summed E-state index contributed by atoms with van der Waals surface area (Å²) in [7, 11) is -3.81. The first-order chi connectivity index (χ1) is 17.0. The van der Waals surface area contributed by atoms with Crippen LogP contribution in [0.15, 0.2) is 71.9 Å². The van der Waals surface area contributed by atoms with Crippen LogP contribution in [0.4, 0.5) is 24.5 Å². The zero-order valence-corrected chi connectivity index (χ0v) is 19.6. The van der Waals surface area contributed by atoms with Crippen molar-refractivity contribution in [1.29, 1.82) is 0 Å². The second kappa shape index (κ2) is 11.2. The van der Waals surface area contributed by atoms with Gasteiger partial charge < -0.3 is 10.4 Å². The Kier molecular flexibility index (Phi) is 8.30. The SMILES string of the molecule is O=NCCCCS(=O)(=O)Nc1cc(NC(=O)c2ccc(-c3ccc(C(F)(F)F)cc3)cc2)ccc1O. The highest BCUT2D eigenvalue weighted by atomic mass is 32.2. The second-order valence-electron chi connectivity index (χ2n) is 7.82. The van der Waals surface area contributed by atoms with Crippen LogP contribution in [0.3, 0.4) is 0 Å². The average Bonchev–Trinajstić information content (AvgIpc) is 2.83. The number of phenols is 1. The predicted molar refractivity (Wildman–Crippen MR) is 130 cm³/mol. The number of unbranched alkanes of at least 4 members (excludes halogenated alkanes) is 1. The van der Waals surface area contributed by atoms with E-state index in [9.17, 15) is 36.4 Å². The molecule has 0 fully saturated rings. The van der Waals surface area contributed by atoms with Crippen molar-refractivity contribution in [2.75, 3.05) is 22.3 Å². The number of carbonyl (C=O) groups excluding carboxylic acids is 1. The lowest BCUT2D eigenvalue weighted by Crippen LogP contribution is -2.17. The van der Waals surface area contributed by atoms with Gasteiger partial charge in [-0.15, -0.1) is 0 Å². The molecule has 190 valence electrons. The maximum atomic E-state index is 12.7. The first-order valence-corrected chi connectivity index (χ1v) is 12.4. The van der Waals surface area contributed by atoms with Gasteiger partial charge in [0.15, 0.2) is 0 Å². The van der Waals surface area contributed by atoms with Gasteiger partial charge in [-0.3, -0.25) is 9.52 Å². The maximum Gasteiger partial charge on any atom is 0.416 e. The van der Waals surface area contributed by atoms with Crippen molar-refractivity contribution in [1.82, 2.24) is 0 Å². The summed E-state index contributed by atoms with van der Waals surface area (Å²) in [4.78, 5) is 22.7. The molecule has 0 heterocycles. The molecule has 8 nitrogen and oxygen atoms in total. The zero-order chi connectivity index (χ0) is 26.3. The van der Waals surface area contributed by atoms with E-state index < -0.39 is 27.7 Å². The number of alkyl halides is 3. The van der Waals surface area contributed by atoms with Crippen LogP contribution in [0, 0.1) is 4.91 Å². The summed E-state index contributed by atoms with van der Waals surface area (Å²) in [5.74, 6) is -1.13. The Hall–Kier alpha value is -3.93. The number of nitrogens with zero attached hydrogens (tertiary/aromatic N) is 1. The van der Waals surface area contributed by atoms with E-state index in [1.54, 1.807) is 12.1 Å². The Labute approximate surface area is 205 Å². The van der Waals surface area contributed by atoms with Crippen molar-refractivity contribution >= 4 is 27.3 Å². The summed E-state index contributed by atoms with van der Waals surface area (Å²) in [6.45, 7) is 0.00754. The average molecular weight is 522 g/mol. The van der Waals surface area contributed by atoms with Crippen LogP contribution in [0.25, 0.3) is 11.1 Å². The molecule has 36 heavy (non-hydrogen) atoms. The number of halogens is 3. The highest BCUT2D eigenvalue weighted by Crippen LogP contribution is 2.31. The second-order valence-corrected chi connectivity index (χ2v) is 9.66. The van der Waals surface area contributed by atoms with E-state index in [1.807, 2.05) is 0 Å². The van der Waals surface area contributed by atoms with Gasteiger partial charge in [-0.2, -0.15) is 18.1 Å².